The van der Waals surface area contributed by atoms with E-state index in [1.54, 1.807) is 5.48 Å². The van der Waals surface area contributed by atoms with Gasteiger partial charge < -0.3 is 18.9 Å². The van der Waals surface area contributed by atoms with E-state index < -0.39 is 48.1 Å². The van der Waals surface area contributed by atoms with Crippen LogP contribution in [0.4, 0.5) is 5.82 Å². The van der Waals surface area contributed by atoms with Crippen LogP contribution in [0.2, 0.25) is 0 Å². The summed E-state index contributed by atoms with van der Waals surface area (Å²) in [5.74, 6) is -2.93. The van der Waals surface area contributed by atoms with E-state index in [4.69, 9.17) is 24.2 Å². The molecule has 0 amide bonds. The number of unbranched alkanes of at least 4 members (excludes halogenated alkanes) is 2. The molecule has 4 atom stereocenters. The van der Waals surface area contributed by atoms with Crippen molar-refractivity contribution in [3.8, 4) is 0 Å². The first-order chi connectivity index (χ1) is 13.9. The molecule has 3 heterocycles. The molecule has 1 aromatic rings. The molecule has 2 aliphatic rings. The van der Waals surface area contributed by atoms with Crippen LogP contribution in [0, 0.1) is 0 Å². The Hall–Kier alpha value is -2.99. The van der Waals surface area contributed by atoms with E-state index in [0.717, 1.165) is 17.4 Å². The molecular weight excluding hydrogens is 390 g/mol. The Morgan fingerprint density at radius 3 is 2.62 bits per heavy atom. The van der Waals surface area contributed by atoms with Crippen molar-refractivity contribution in [3.63, 3.8) is 0 Å². The maximum Gasteiger partial charge on any atom is 0.418 e. The normalized spacial score (nSPS) is 25.7. The average Bonchev–Trinajstić information content (AvgIpc) is 3.04. The first kappa shape index (κ1) is 20.7. The van der Waals surface area contributed by atoms with Gasteiger partial charge in [0.2, 0.25) is 0 Å². The molecule has 0 bridgehead atoms. The van der Waals surface area contributed by atoms with Crippen LogP contribution in [0.1, 0.15) is 38.8 Å². The number of nitrogens with zero attached hydrogens (tertiary/aromatic N) is 2. The van der Waals surface area contributed by atoms with Crippen LogP contribution in [-0.2, 0) is 33.3 Å². The van der Waals surface area contributed by atoms with E-state index in [-0.39, 0.29) is 18.8 Å². The third-order valence-electron chi connectivity index (χ3n) is 4.55. The van der Waals surface area contributed by atoms with Gasteiger partial charge in [-0.1, -0.05) is 19.8 Å². The fourth-order valence-electron chi connectivity index (χ4n) is 3.11. The number of carbonyl (C=O) groups is 3. The minimum atomic E-state index is -1.22. The summed E-state index contributed by atoms with van der Waals surface area (Å²) < 4.78 is 22.1. The largest absolute Gasteiger partial charge is 0.463 e. The van der Waals surface area contributed by atoms with E-state index in [0.29, 0.717) is 6.42 Å². The topological polar surface area (TPSA) is 155 Å². The van der Waals surface area contributed by atoms with Gasteiger partial charge >= 0.3 is 23.6 Å². The Kier molecular flexibility index (Phi) is 6.44. The Bertz CT molecular complexity index is 840. The Labute approximate surface area is 164 Å². The lowest BCUT2D eigenvalue weighted by atomic mass is 10.1. The van der Waals surface area contributed by atoms with Gasteiger partial charge in [0.25, 0.3) is 0 Å². The molecule has 0 spiro atoms. The lowest BCUT2D eigenvalue weighted by Crippen LogP contribution is -2.48. The number of aromatic nitrogens is 2. The molecule has 12 nitrogen and oxygen atoms in total. The summed E-state index contributed by atoms with van der Waals surface area (Å²) in [4.78, 5) is 50.9. The van der Waals surface area contributed by atoms with Crippen molar-refractivity contribution in [3.05, 3.63) is 22.7 Å². The summed E-state index contributed by atoms with van der Waals surface area (Å²) in [6.45, 7) is 1.77. The molecule has 3 rings (SSSR count). The number of anilines is 1. The van der Waals surface area contributed by atoms with Crippen molar-refractivity contribution >= 4 is 23.7 Å². The zero-order chi connectivity index (χ0) is 21.0. The highest BCUT2D eigenvalue weighted by atomic mass is 16.7. The Morgan fingerprint density at radius 2 is 1.97 bits per heavy atom. The number of hydrogen-bond acceptors (Lipinski definition) is 11. The molecule has 2 N–H and O–H groups in total. The van der Waals surface area contributed by atoms with Crippen LogP contribution >= 0.6 is 0 Å². The Morgan fingerprint density at radius 1 is 1.24 bits per heavy atom. The van der Waals surface area contributed by atoms with Crippen LogP contribution in [-0.4, -0.2) is 57.6 Å². The fraction of sp³-hybridized carbons (Fsp3) is 0.588. The van der Waals surface area contributed by atoms with E-state index >= 15 is 0 Å². The number of nitrogens with one attached hydrogen (secondary N) is 1. The van der Waals surface area contributed by atoms with Crippen LogP contribution < -0.4 is 11.2 Å². The molecule has 2 aliphatic heterocycles. The van der Waals surface area contributed by atoms with E-state index in [9.17, 15) is 19.2 Å². The predicted octanol–water partition coefficient (Wildman–Crippen LogP) is -0.0975. The lowest BCUT2D eigenvalue weighted by Gasteiger charge is -2.27. The van der Waals surface area contributed by atoms with Crippen molar-refractivity contribution < 1.29 is 38.5 Å². The minimum Gasteiger partial charge on any atom is -0.463 e. The van der Waals surface area contributed by atoms with E-state index in [1.165, 1.54) is 12.3 Å². The van der Waals surface area contributed by atoms with Crippen LogP contribution in [0.15, 0.2) is 17.1 Å². The number of esters is 3. The number of rotatable bonds is 8. The van der Waals surface area contributed by atoms with Gasteiger partial charge in [-0.15, -0.1) is 0 Å². The van der Waals surface area contributed by atoms with E-state index in [2.05, 4.69) is 4.98 Å². The highest BCUT2D eigenvalue weighted by Crippen LogP contribution is 2.35. The number of hydrogen-bond donors (Lipinski definition) is 2. The third kappa shape index (κ3) is 4.54. The molecular formula is C17H21N3O9. The zero-order valence-corrected chi connectivity index (χ0v) is 15.6. The minimum absolute atomic E-state index is 0.0922. The highest BCUT2D eigenvalue weighted by molar-refractivity contribution is 6.30. The smallest absolute Gasteiger partial charge is 0.418 e. The van der Waals surface area contributed by atoms with Crippen molar-refractivity contribution in [2.75, 3.05) is 12.1 Å². The predicted molar refractivity (Wildman–Crippen MR) is 92.7 cm³/mol. The molecule has 2 unspecified atom stereocenters. The Balaban J connectivity index is 1.75. The monoisotopic (exact) mass is 411 g/mol. The van der Waals surface area contributed by atoms with Gasteiger partial charge in [0.1, 0.15) is 12.7 Å². The van der Waals surface area contributed by atoms with Gasteiger partial charge in [-0.2, -0.15) is 4.98 Å². The zero-order valence-electron chi connectivity index (χ0n) is 15.6. The average molecular weight is 411 g/mol. The molecule has 2 saturated heterocycles. The van der Waals surface area contributed by atoms with E-state index in [1.807, 2.05) is 6.92 Å². The molecule has 0 radical (unpaired) electrons. The summed E-state index contributed by atoms with van der Waals surface area (Å²) in [6, 6.07) is 1.29. The standard InChI is InChI=1S/C17H21N3O9/c1-2-3-4-5-11(21)26-8-9-12-13(29-16(23)15(22)28-12)14(27-9)20-7-6-10(19-25)18-17(20)24/h6-7,9,12-14,25H,2-5,8H2,1H3,(H,18,19,24)/t9-,12?,13?,14-/m1/s1. The molecule has 12 heteroatoms. The first-order valence-electron chi connectivity index (χ1n) is 9.16. The number of ether oxygens (including phenoxy) is 4. The molecule has 1 aromatic heterocycles. The fourth-order valence-corrected chi connectivity index (χ4v) is 3.11. The second kappa shape index (κ2) is 9.01. The summed E-state index contributed by atoms with van der Waals surface area (Å²) >= 11 is 0. The quantitative estimate of drug-likeness (QED) is 0.194. The van der Waals surface area contributed by atoms with Crippen molar-refractivity contribution in [1.29, 1.82) is 0 Å². The van der Waals surface area contributed by atoms with Gasteiger partial charge in [0.05, 0.1) is 0 Å². The molecule has 0 aromatic carbocycles. The van der Waals surface area contributed by atoms with Crippen molar-refractivity contribution in [2.45, 2.75) is 57.1 Å². The van der Waals surface area contributed by atoms with Gasteiger partial charge in [-0.25, -0.2) is 14.4 Å². The van der Waals surface area contributed by atoms with Crippen molar-refractivity contribution in [1.82, 2.24) is 9.55 Å². The summed E-state index contributed by atoms with van der Waals surface area (Å²) in [6.07, 6.45) is -0.247. The molecule has 0 saturated carbocycles. The van der Waals surface area contributed by atoms with Gasteiger partial charge in [0, 0.05) is 12.6 Å². The third-order valence-corrected chi connectivity index (χ3v) is 4.55. The number of carbonyl (C=O) groups excluding carboxylic acids is 3. The lowest BCUT2D eigenvalue weighted by molar-refractivity contribution is -0.195. The molecule has 158 valence electrons. The van der Waals surface area contributed by atoms with Crippen LogP contribution in [0.25, 0.3) is 0 Å². The van der Waals surface area contributed by atoms with Crippen molar-refractivity contribution in [2.24, 2.45) is 0 Å². The van der Waals surface area contributed by atoms with Crippen LogP contribution in [0.3, 0.4) is 0 Å². The summed E-state index contributed by atoms with van der Waals surface area (Å²) in [5.41, 5.74) is 0.932. The summed E-state index contributed by atoms with van der Waals surface area (Å²) in [5, 5.41) is 8.84. The summed E-state index contributed by atoms with van der Waals surface area (Å²) in [7, 11) is 0. The molecule has 2 fully saturated rings. The number of fused-ring (bicyclic) bond motifs is 1. The molecule has 29 heavy (non-hydrogen) atoms. The van der Waals surface area contributed by atoms with Gasteiger partial charge in [0.15, 0.2) is 24.3 Å². The van der Waals surface area contributed by atoms with Gasteiger partial charge in [-0.3, -0.25) is 20.0 Å². The molecule has 0 aliphatic carbocycles. The maximum absolute atomic E-state index is 12.2. The van der Waals surface area contributed by atoms with Crippen LogP contribution in [0.5, 0.6) is 0 Å². The SMILES string of the molecule is CCCCCC(=O)OC[C@H]1O[C@@H](n2ccc(NO)nc2=O)C2OC(=O)C(=O)OC21. The van der Waals surface area contributed by atoms with Gasteiger partial charge in [-0.05, 0) is 12.5 Å². The maximum atomic E-state index is 12.2. The first-order valence-corrected chi connectivity index (χ1v) is 9.16. The second-order valence-electron chi connectivity index (χ2n) is 6.56. The highest BCUT2D eigenvalue weighted by Gasteiger charge is 2.55. The second-order valence-corrected chi connectivity index (χ2v) is 6.56.